The summed E-state index contributed by atoms with van der Waals surface area (Å²) in [4.78, 5) is 29.5. The molecule has 1 atom stereocenters. The Morgan fingerprint density at radius 3 is 2.66 bits per heavy atom. The van der Waals surface area contributed by atoms with Crippen molar-refractivity contribution < 1.29 is 14.3 Å². The number of carbonyl (C=O) groups is 2. The van der Waals surface area contributed by atoms with E-state index in [1.165, 1.54) is 0 Å². The normalized spacial score (nSPS) is 24.0. The molecule has 0 aromatic carbocycles. The van der Waals surface area contributed by atoms with E-state index in [9.17, 15) is 9.59 Å². The quantitative estimate of drug-likeness (QED) is 0.796. The zero-order valence-electron chi connectivity index (χ0n) is 17.6. The number of hydrogen-bond acceptors (Lipinski definition) is 4. The highest BCUT2D eigenvalue weighted by molar-refractivity contribution is 7.08. The van der Waals surface area contributed by atoms with Crippen molar-refractivity contribution >= 4 is 23.3 Å². The van der Waals surface area contributed by atoms with Gasteiger partial charge in [0, 0.05) is 37.8 Å². The fourth-order valence-corrected chi connectivity index (χ4v) is 5.40. The lowest BCUT2D eigenvalue weighted by Gasteiger charge is -2.48. The first-order valence-corrected chi connectivity index (χ1v) is 11.9. The second kappa shape index (κ2) is 8.64. The van der Waals surface area contributed by atoms with E-state index >= 15 is 0 Å². The molecule has 160 valence electrons. The molecule has 3 aliphatic rings. The van der Waals surface area contributed by atoms with Gasteiger partial charge < -0.3 is 19.9 Å². The molecule has 4 rings (SSSR count). The second-order valence-corrected chi connectivity index (χ2v) is 9.89. The molecule has 1 unspecified atom stereocenters. The van der Waals surface area contributed by atoms with Crippen LogP contribution in [-0.4, -0.2) is 65.2 Å². The van der Waals surface area contributed by atoms with Gasteiger partial charge in [-0.1, -0.05) is 0 Å². The van der Waals surface area contributed by atoms with Crippen LogP contribution in [0.25, 0.3) is 0 Å². The molecule has 1 aliphatic carbocycles. The lowest BCUT2D eigenvalue weighted by molar-refractivity contribution is -0.147. The van der Waals surface area contributed by atoms with Gasteiger partial charge in [0.2, 0.25) is 5.91 Å². The number of carbonyl (C=O) groups excluding carboxylic acids is 2. The van der Waals surface area contributed by atoms with Crippen LogP contribution in [-0.2, 0) is 16.0 Å². The maximum Gasteiger partial charge on any atom is 0.318 e. The van der Waals surface area contributed by atoms with Gasteiger partial charge in [0.05, 0.1) is 12.0 Å². The van der Waals surface area contributed by atoms with Crippen LogP contribution >= 0.6 is 11.3 Å². The van der Waals surface area contributed by atoms with E-state index in [4.69, 9.17) is 4.74 Å². The van der Waals surface area contributed by atoms with Crippen molar-refractivity contribution in [1.29, 1.82) is 0 Å². The first-order chi connectivity index (χ1) is 14.0. The van der Waals surface area contributed by atoms with E-state index in [0.717, 1.165) is 57.2 Å². The number of piperidine rings is 1. The maximum absolute atomic E-state index is 12.8. The monoisotopic (exact) mass is 419 g/mol. The predicted octanol–water partition coefficient (Wildman–Crippen LogP) is 3.41. The van der Waals surface area contributed by atoms with Crippen LogP contribution < -0.4 is 5.32 Å². The summed E-state index contributed by atoms with van der Waals surface area (Å²) in [5.41, 5.74) is 0.915. The van der Waals surface area contributed by atoms with E-state index in [2.05, 4.69) is 10.2 Å². The third-order valence-corrected chi connectivity index (χ3v) is 7.14. The van der Waals surface area contributed by atoms with E-state index in [1.807, 2.05) is 35.6 Å². The van der Waals surface area contributed by atoms with Crippen LogP contribution in [0.3, 0.4) is 0 Å². The van der Waals surface area contributed by atoms with Crippen LogP contribution in [0.1, 0.15) is 57.9 Å². The molecule has 1 aromatic heterocycles. The van der Waals surface area contributed by atoms with E-state index in [0.29, 0.717) is 19.1 Å². The molecule has 3 amide bonds. The van der Waals surface area contributed by atoms with Crippen molar-refractivity contribution in [1.82, 2.24) is 15.1 Å². The second-order valence-electron chi connectivity index (χ2n) is 9.11. The van der Waals surface area contributed by atoms with Gasteiger partial charge in [-0.15, -0.1) is 0 Å². The van der Waals surface area contributed by atoms with Gasteiger partial charge in [0.1, 0.15) is 0 Å². The number of thiophene rings is 1. The fourth-order valence-electron chi connectivity index (χ4n) is 4.74. The van der Waals surface area contributed by atoms with Crippen molar-refractivity contribution in [3.05, 3.63) is 22.4 Å². The summed E-state index contributed by atoms with van der Waals surface area (Å²) >= 11 is 1.63. The number of likely N-dealkylation sites (tertiary alicyclic amines) is 1. The number of hydrogen-bond donors (Lipinski definition) is 1. The van der Waals surface area contributed by atoms with Crippen molar-refractivity contribution in [3.8, 4) is 0 Å². The average molecular weight is 420 g/mol. The predicted molar refractivity (Wildman–Crippen MR) is 114 cm³/mol. The number of rotatable bonds is 5. The topological polar surface area (TPSA) is 61.9 Å². The molecule has 0 radical (unpaired) electrons. The summed E-state index contributed by atoms with van der Waals surface area (Å²) in [6.07, 6.45) is 6.24. The van der Waals surface area contributed by atoms with Gasteiger partial charge in [0.25, 0.3) is 0 Å². The number of urea groups is 1. The lowest BCUT2D eigenvalue weighted by Crippen LogP contribution is -2.57. The Morgan fingerprint density at radius 1 is 1.28 bits per heavy atom. The van der Waals surface area contributed by atoms with Crippen LogP contribution in [0.2, 0.25) is 0 Å². The molecular formula is C22H33N3O3S. The summed E-state index contributed by atoms with van der Waals surface area (Å²) in [6, 6.07) is 2.88. The highest BCUT2D eigenvalue weighted by Gasteiger charge is 2.46. The molecule has 1 saturated carbocycles. The number of ether oxygens (including phenoxy) is 1. The van der Waals surface area contributed by atoms with Crippen LogP contribution in [0.4, 0.5) is 4.79 Å². The summed E-state index contributed by atoms with van der Waals surface area (Å²) in [6.45, 7) is 6.22. The van der Waals surface area contributed by atoms with Gasteiger partial charge in [-0.25, -0.2) is 4.79 Å². The highest BCUT2D eigenvalue weighted by Crippen LogP contribution is 2.40. The minimum absolute atomic E-state index is 0.0768. The molecule has 1 spiro atoms. The van der Waals surface area contributed by atoms with E-state index in [1.54, 1.807) is 11.3 Å². The standard InChI is InChI=1S/C22H33N3O3S/c1-16(2)23-21(27)25(18-3-4-18)19-5-11-28-22(14-19)7-9-24(10-8-22)20(26)13-17-6-12-29-15-17/h6,12,15-16,18-19H,3-5,7-11,13-14H2,1-2H3,(H,23,27). The Hall–Kier alpha value is -1.60. The van der Waals surface area contributed by atoms with Crippen molar-refractivity contribution in [2.45, 2.75) is 82.5 Å². The largest absolute Gasteiger partial charge is 0.375 e. The average Bonchev–Trinajstić information content (AvgIpc) is 3.37. The molecule has 7 heteroatoms. The van der Waals surface area contributed by atoms with E-state index in [-0.39, 0.29) is 29.6 Å². The third kappa shape index (κ3) is 4.94. The van der Waals surface area contributed by atoms with Crippen LogP contribution in [0.5, 0.6) is 0 Å². The maximum atomic E-state index is 12.8. The molecule has 29 heavy (non-hydrogen) atoms. The molecule has 6 nitrogen and oxygen atoms in total. The Labute approximate surface area is 177 Å². The fraction of sp³-hybridized carbons (Fsp3) is 0.727. The lowest BCUT2D eigenvalue weighted by atomic mass is 9.81. The number of amides is 3. The minimum Gasteiger partial charge on any atom is -0.375 e. The first-order valence-electron chi connectivity index (χ1n) is 11.0. The van der Waals surface area contributed by atoms with Gasteiger partial charge in [0.15, 0.2) is 0 Å². The van der Waals surface area contributed by atoms with Gasteiger partial charge in [-0.3, -0.25) is 4.79 Å². The molecule has 1 N–H and O–H groups in total. The van der Waals surface area contributed by atoms with Gasteiger partial charge >= 0.3 is 6.03 Å². The molecule has 2 saturated heterocycles. The Balaban J connectivity index is 1.35. The molecular weight excluding hydrogens is 386 g/mol. The summed E-state index contributed by atoms with van der Waals surface area (Å²) in [5, 5.41) is 7.16. The molecule has 0 bridgehead atoms. The molecule has 2 aliphatic heterocycles. The Kier molecular flexibility index (Phi) is 6.16. The number of nitrogens with zero attached hydrogens (tertiary/aromatic N) is 2. The summed E-state index contributed by atoms with van der Waals surface area (Å²) in [7, 11) is 0. The molecule has 3 heterocycles. The zero-order chi connectivity index (χ0) is 20.4. The van der Waals surface area contributed by atoms with Gasteiger partial charge in [-0.05, 0) is 74.8 Å². The SMILES string of the molecule is CC(C)NC(=O)N(C1CC1)C1CCOC2(CCN(C(=O)Cc3ccsc3)CC2)C1. The minimum atomic E-state index is -0.187. The van der Waals surface area contributed by atoms with Crippen molar-refractivity contribution in [2.75, 3.05) is 19.7 Å². The first kappa shape index (κ1) is 20.7. The molecule has 3 fully saturated rings. The number of nitrogens with one attached hydrogen (secondary N) is 1. The Morgan fingerprint density at radius 2 is 2.03 bits per heavy atom. The van der Waals surface area contributed by atoms with Gasteiger partial charge in [-0.2, -0.15) is 11.3 Å². The van der Waals surface area contributed by atoms with Crippen molar-refractivity contribution in [2.24, 2.45) is 0 Å². The van der Waals surface area contributed by atoms with E-state index < -0.39 is 0 Å². The summed E-state index contributed by atoms with van der Waals surface area (Å²) < 4.78 is 6.29. The zero-order valence-corrected chi connectivity index (χ0v) is 18.4. The smallest absolute Gasteiger partial charge is 0.318 e. The highest BCUT2D eigenvalue weighted by atomic mass is 32.1. The molecule has 1 aromatic rings. The van der Waals surface area contributed by atoms with Crippen molar-refractivity contribution in [3.63, 3.8) is 0 Å². The third-order valence-electron chi connectivity index (χ3n) is 6.41. The van der Waals surface area contributed by atoms with Crippen LogP contribution in [0, 0.1) is 0 Å². The van der Waals surface area contributed by atoms with Crippen LogP contribution in [0.15, 0.2) is 16.8 Å². The summed E-state index contributed by atoms with van der Waals surface area (Å²) in [5.74, 6) is 0.210. The Bertz CT molecular complexity index is 709.